The third kappa shape index (κ3) is 58.8. The summed E-state index contributed by atoms with van der Waals surface area (Å²) < 4.78 is 65.1. The van der Waals surface area contributed by atoms with Crippen molar-refractivity contribution in [1.82, 2.24) is 0 Å². The number of rotatable bonds is 6. The number of hydrogen-bond acceptors (Lipinski definition) is 15. The monoisotopic (exact) mass is 582 g/mol. The van der Waals surface area contributed by atoms with Gasteiger partial charge in [0, 0.05) is 0 Å². The molecule has 0 aliphatic heterocycles. The summed E-state index contributed by atoms with van der Waals surface area (Å²) >= 11 is 0. The van der Waals surface area contributed by atoms with E-state index in [1.807, 2.05) is 0 Å². The van der Waals surface area contributed by atoms with E-state index in [0.717, 1.165) is 0 Å². The van der Waals surface area contributed by atoms with E-state index in [9.17, 15) is 56.8 Å². The summed E-state index contributed by atoms with van der Waals surface area (Å²) in [6.45, 7) is 0. The molecule has 0 atom stereocenters. The van der Waals surface area contributed by atoms with E-state index < -0.39 is 46.9 Å². The van der Waals surface area contributed by atoms with Gasteiger partial charge in [-0.1, -0.05) is 0 Å². The molecule has 0 aliphatic rings. The Labute approximate surface area is 180 Å². The minimum Gasteiger partial charge on any atom is -0.789 e. The third-order valence-corrected chi connectivity index (χ3v) is 5.57. The fourth-order valence-corrected chi connectivity index (χ4v) is 3.52. The van der Waals surface area contributed by atoms with E-state index in [-0.39, 0.29) is 34.7 Å². The predicted molar refractivity (Wildman–Crippen MR) is 73.7 cm³/mol. The summed E-state index contributed by atoms with van der Waals surface area (Å²) in [5.41, 5.74) is 0. The zero-order valence-electron chi connectivity index (χ0n) is 12.6. The second-order valence-corrected chi connectivity index (χ2v) is 10.6. The first-order valence-electron chi connectivity index (χ1n) is 4.49. The van der Waals surface area contributed by atoms with Crippen molar-refractivity contribution in [3.05, 3.63) is 0 Å². The van der Waals surface area contributed by atoms with Gasteiger partial charge in [-0.05, 0) is 0 Å². The maximum Gasteiger partial charge on any atom is 3.00 e. The summed E-state index contributed by atoms with van der Waals surface area (Å²) in [5, 5.41) is 0. The summed E-state index contributed by atoms with van der Waals surface area (Å²) in [5.74, 6) is 0. The molecule has 0 heterocycles. The Morgan fingerprint density at radius 1 is 0.414 bits per heavy atom. The SMILES string of the molecule is O=P([O-])([O-])OP(=O)(O)O.O=P([O-])([O-])OP(=O)(O)O.O=P([O-])([O-])OP(=O)(O)O.[Al+3].[Al+3]. The quantitative estimate of drug-likeness (QED) is 0.125. The van der Waals surface area contributed by atoms with Crippen LogP contribution in [0.2, 0.25) is 0 Å². The summed E-state index contributed by atoms with van der Waals surface area (Å²) in [6, 6.07) is 0. The normalized spacial score (nSPS) is 12.8. The van der Waals surface area contributed by atoms with Crippen molar-refractivity contribution in [2.24, 2.45) is 0 Å². The van der Waals surface area contributed by atoms with E-state index in [4.69, 9.17) is 29.4 Å². The molecule has 0 aromatic heterocycles. The molecule has 0 bridgehead atoms. The van der Waals surface area contributed by atoms with Crippen LogP contribution in [-0.2, 0) is 40.3 Å². The predicted octanol–water partition coefficient (Wildman–Crippen LogP) is -6.99. The molecule has 0 aromatic rings. The Hall–Kier alpha value is 1.84. The Kier molecular flexibility index (Phi) is 21.1. The van der Waals surface area contributed by atoms with Crippen LogP contribution >= 0.6 is 46.9 Å². The van der Waals surface area contributed by atoms with Crippen LogP contribution in [-0.4, -0.2) is 64.1 Å². The Balaban J connectivity index is -0.0000000960. The van der Waals surface area contributed by atoms with Crippen LogP contribution in [0.25, 0.3) is 0 Å². The standard InChI is InChI=1S/2Al.3H4O7P2/c;;3*1-8(2,3)7-9(4,5)6/h;;3*(H2,1,2,3)(H2,4,5,6)/q2*+3;;;/p-6. The first-order chi connectivity index (χ1) is 11.1. The van der Waals surface area contributed by atoms with Gasteiger partial charge in [0.1, 0.15) is 0 Å². The molecule has 0 rings (SSSR count). The molecule has 0 amide bonds. The molecule has 168 valence electrons. The fraction of sp³-hybridized carbons (Fsp3) is 0. The smallest absolute Gasteiger partial charge is 0.789 e. The van der Waals surface area contributed by atoms with Gasteiger partial charge in [0.2, 0.25) is 0 Å². The molecule has 0 radical (unpaired) electrons. The molecule has 0 aliphatic carbocycles. The molecule has 0 spiro atoms. The molecule has 29 heteroatoms. The topological polar surface area (TPSA) is 390 Å². The molecular formula is H6Al2O21P6. The van der Waals surface area contributed by atoms with Crippen LogP contribution in [0.4, 0.5) is 0 Å². The van der Waals surface area contributed by atoms with Gasteiger partial charge >= 0.3 is 58.2 Å². The molecule has 0 fully saturated rings. The van der Waals surface area contributed by atoms with Crippen molar-refractivity contribution in [1.29, 1.82) is 0 Å². The van der Waals surface area contributed by atoms with Crippen LogP contribution in [0.3, 0.4) is 0 Å². The van der Waals surface area contributed by atoms with Crippen LogP contribution in [0.1, 0.15) is 0 Å². The van der Waals surface area contributed by atoms with E-state index in [1.165, 1.54) is 0 Å². The van der Waals surface area contributed by atoms with Crippen molar-refractivity contribution in [2.75, 3.05) is 0 Å². The van der Waals surface area contributed by atoms with E-state index in [2.05, 4.69) is 12.9 Å². The van der Waals surface area contributed by atoms with Crippen LogP contribution in [0.15, 0.2) is 0 Å². The Bertz CT molecular complexity index is 552. The van der Waals surface area contributed by atoms with E-state index in [1.54, 1.807) is 0 Å². The molecule has 21 nitrogen and oxygen atoms in total. The summed E-state index contributed by atoms with van der Waals surface area (Å²) in [6.07, 6.45) is 0. The average molecular weight is 582 g/mol. The van der Waals surface area contributed by atoms with Gasteiger partial charge in [-0.2, -0.15) is 0 Å². The second kappa shape index (κ2) is 14.9. The molecule has 0 saturated heterocycles. The number of hydrogen-bond donors (Lipinski definition) is 6. The van der Waals surface area contributed by atoms with Crippen LogP contribution in [0.5, 0.6) is 0 Å². The largest absolute Gasteiger partial charge is 3.00 e. The Morgan fingerprint density at radius 2 is 0.517 bits per heavy atom. The van der Waals surface area contributed by atoms with E-state index >= 15 is 0 Å². The third-order valence-electron chi connectivity index (χ3n) is 0.619. The van der Waals surface area contributed by atoms with Crippen molar-refractivity contribution in [3.63, 3.8) is 0 Å². The molecular weight excluding hydrogens is 576 g/mol. The number of phosphoric acid groups is 6. The maximum atomic E-state index is 9.55. The maximum absolute atomic E-state index is 9.55. The minimum absolute atomic E-state index is 0. The van der Waals surface area contributed by atoms with E-state index in [0.29, 0.717) is 0 Å². The Morgan fingerprint density at radius 3 is 0.517 bits per heavy atom. The van der Waals surface area contributed by atoms with Crippen molar-refractivity contribution in [3.8, 4) is 0 Å². The van der Waals surface area contributed by atoms with Gasteiger partial charge in [0.05, 0.1) is 23.5 Å². The van der Waals surface area contributed by atoms with Crippen molar-refractivity contribution >= 4 is 81.7 Å². The van der Waals surface area contributed by atoms with Crippen LogP contribution in [0, 0.1) is 0 Å². The van der Waals surface area contributed by atoms with Crippen molar-refractivity contribution in [2.45, 2.75) is 0 Å². The summed E-state index contributed by atoms with van der Waals surface area (Å²) in [7, 11) is -32.2. The zero-order chi connectivity index (χ0) is 23.1. The van der Waals surface area contributed by atoms with Crippen molar-refractivity contribution < 1.29 is 99.0 Å². The van der Waals surface area contributed by atoms with Gasteiger partial charge in [-0.3, -0.25) is 12.9 Å². The first kappa shape index (κ1) is 41.1. The van der Waals surface area contributed by atoms with Gasteiger partial charge in [0.25, 0.3) is 0 Å². The summed E-state index contributed by atoms with van der Waals surface area (Å²) in [4.78, 5) is 102. The molecule has 0 saturated carbocycles. The molecule has 0 aromatic carbocycles. The molecule has 29 heavy (non-hydrogen) atoms. The zero-order valence-corrected chi connectivity index (χ0v) is 20.3. The fourth-order valence-electron chi connectivity index (χ4n) is 0.391. The first-order valence-corrected chi connectivity index (χ1v) is 13.5. The van der Waals surface area contributed by atoms with Crippen LogP contribution < -0.4 is 29.4 Å². The minimum atomic E-state index is -5.55. The second-order valence-electron chi connectivity index (χ2n) is 3.06. The van der Waals surface area contributed by atoms with Gasteiger partial charge in [-0.25, -0.2) is 13.7 Å². The van der Waals surface area contributed by atoms with Gasteiger partial charge in [-0.15, -0.1) is 0 Å². The molecule has 6 N–H and O–H groups in total. The average Bonchev–Trinajstić information content (AvgIpc) is 1.96. The van der Waals surface area contributed by atoms with Gasteiger partial charge < -0.3 is 72.4 Å². The molecule has 0 unspecified atom stereocenters. The van der Waals surface area contributed by atoms with Gasteiger partial charge in [0.15, 0.2) is 0 Å².